The molecular weight excluding hydrogens is 402 g/mol. The van der Waals surface area contributed by atoms with Crippen LogP contribution < -0.4 is 5.32 Å². The van der Waals surface area contributed by atoms with Gasteiger partial charge in [-0.05, 0) is 45.0 Å². The first-order chi connectivity index (χ1) is 12.9. The minimum Gasteiger partial charge on any atom is -0.373 e. The van der Waals surface area contributed by atoms with E-state index in [0.717, 1.165) is 30.2 Å². The lowest BCUT2D eigenvalue weighted by molar-refractivity contribution is -0.115. The average molecular weight is 426 g/mol. The molecule has 27 heavy (non-hydrogen) atoms. The van der Waals surface area contributed by atoms with Crippen LogP contribution in [-0.2, 0) is 16.1 Å². The van der Waals surface area contributed by atoms with E-state index in [9.17, 15) is 4.79 Å². The van der Waals surface area contributed by atoms with Crippen LogP contribution in [0, 0.1) is 0 Å². The summed E-state index contributed by atoms with van der Waals surface area (Å²) < 4.78 is 5.77. The normalized spacial score (nSPS) is 21.8. The van der Waals surface area contributed by atoms with Crippen LogP contribution in [0.5, 0.6) is 0 Å². The molecule has 146 valence electrons. The molecule has 0 radical (unpaired) electrons. The molecule has 0 spiro atoms. The first kappa shape index (κ1) is 20.6. The summed E-state index contributed by atoms with van der Waals surface area (Å²) in [4.78, 5) is 20.4. The Morgan fingerprint density at radius 1 is 1.37 bits per heavy atom. The zero-order valence-corrected chi connectivity index (χ0v) is 18.0. The number of carbonyl (C=O) groups excluding carboxylic acids is 1. The Morgan fingerprint density at radius 3 is 2.70 bits per heavy atom. The van der Waals surface area contributed by atoms with Gasteiger partial charge < -0.3 is 10.1 Å². The average Bonchev–Trinajstić information content (AvgIpc) is 3.02. The first-order valence-corrected chi connectivity index (χ1v) is 11.1. The predicted octanol–water partition coefficient (Wildman–Crippen LogP) is 4.53. The largest absolute Gasteiger partial charge is 0.373 e. The maximum absolute atomic E-state index is 12.5. The van der Waals surface area contributed by atoms with E-state index < -0.39 is 0 Å². The minimum absolute atomic E-state index is 0.0514. The SMILES string of the molecule is C[C@@H]1CN(Cc2csc(NC(=O)[C@H](C)Sc3ccc(Cl)cc3)n2)C[C@@H](C)O1. The van der Waals surface area contributed by atoms with Crippen molar-refractivity contribution in [3.8, 4) is 0 Å². The van der Waals surface area contributed by atoms with Crippen molar-refractivity contribution in [2.45, 2.75) is 49.7 Å². The first-order valence-electron chi connectivity index (χ1n) is 8.94. The van der Waals surface area contributed by atoms with E-state index in [-0.39, 0.29) is 23.4 Å². The van der Waals surface area contributed by atoms with Crippen LogP contribution in [-0.4, -0.2) is 46.3 Å². The zero-order chi connectivity index (χ0) is 19.4. The highest BCUT2D eigenvalue weighted by Gasteiger charge is 2.23. The lowest BCUT2D eigenvalue weighted by Crippen LogP contribution is -2.44. The van der Waals surface area contributed by atoms with Crippen molar-refractivity contribution in [1.29, 1.82) is 0 Å². The molecular formula is C19H24ClN3O2S2. The van der Waals surface area contributed by atoms with Crippen LogP contribution in [0.4, 0.5) is 5.13 Å². The Morgan fingerprint density at radius 2 is 2.04 bits per heavy atom. The number of anilines is 1. The maximum Gasteiger partial charge on any atom is 0.239 e. The number of hydrogen-bond acceptors (Lipinski definition) is 6. The third kappa shape index (κ3) is 6.19. The quantitative estimate of drug-likeness (QED) is 0.689. The highest BCUT2D eigenvalue weighted by Crippen LogP contribution is 2.26. The third-order valence-corrected chi connectivity index (χ3v) is 6.33. The topological polar surface area (TPSA) is 54.5 Å². The van der Waals surface area contributed by atoms with Gasteiger partial charge in [-0.15, -0.1) is 23.1 Å². The van der Waals surface area contributed by atoms with Gasteiger partial charge in [0, 0.05) is 34.9 Å². The van der Waals surface area contributed by atoms with Crippen LogP contribution >= 0.6 is 34.7 Å². The van der Waals surface area contributed by atoms with Crippen LogP contribution in [0.15, 0.2) is 34.5 Å². The fourth-order valence-electron chi connectivity index (χ4n) is 3.06. The van der Waals surface area contributed by atoms with Gasteiger partial charge in [0.2, 0.25) is 5.91 Å². The molecule has 8 heteroatoms. The molecule has 0 unspecified atom stereocenters. The van der Waals surface area contributed by atoms with Gasteiger partial charge in [0.1, 0.15) is 0 Å². The lowest BCUT2D eigenvalue weighted by Gasteiger charge is -2.34. The number of morpholine rings is 1. The third-order valence-electron chi connectivity index (χ3n) is 4.16. The molecule has 1 amide bonds. The van der Waals surface area contributed by atoms with E-state index >= 15 is 0 Å². The summed E-state index contributed by atoms with van der Waals surface area (Å²) in [6.07, 6.45) is 0.467. The Labute approximate surface area is 173 Å². The predicted molar refractivity (Wildman–Crippen MR) is 113 cm³/mol. The van der Waals surface area contributed by atoms with Crippen molar-refractivity contribution in [3.05, 3.63) is 40.4 Å². The summed E-state index contributed by atoms with van der Waals surface area (Å²) in [5.74, 6) is -0.0514. The number of rotatable bonds is 6. The van der Waals surface area contributed by atoms with Gasteiger partial charge in [-0.25, -0.2) is 4.98 Å². The molecule has 2 heterocycles. The molecule has 1 N–H and O–H groups in total. The van der Waals surface area contributed by atoms with E-state index in [1.165, 1.54) is 23.1 Å². The Bertz CT molecular complexity index is 759. The van der Waals surface area contributed by atoms with Crippen molar-refractivity contribution < 1.29 is 9.53 Å². The molecule has 0 saturated carbocycles. The minimum atomic E-state index is -0.223. The van der Waals surface area contributed by atoms with Crippen molar-refractivity contribution >= 4 is 45.7 Å². The molecule has 3 rings (SSSR count). The molecule has 1 saturated heterocycles. The molecule has 0 aliphatic carbocycles. The molecule has 2 aromatic rings. The number of nitrogens with zero attached hydrogens (tertiary/aromatic N) is 2. The number of hydrogen-bond donors (Lipinski definition) is 1. The number of thiazole rings is 1. The van der Waals surface area contributed by atoms with Gasteiger partial charge in [0.05, 0.1) is 23.2 Å². The van der Waals surface area contributed by atoms with Gasteiger partial charge >= 0.3 is 0 Å². The second-order valence-corrected chi connectivity index (χ2v) is 9.51. The van der Waals surface area contributed by atoms with E-state index in [1.807, 2.05) is 36.6 Å². The fraction of sp³-hybridized carbons (Fsp3) is 0.474. The van der Waals surface area contributed by atoms with E-state index in [1.54, 1.807) is 0 Å². The molecule has 1 aliphatic rings. The van der Waals surface area contributed by atoms with Crippen LogP contribution in [0.3, 0.4) is 0 Å². The highest BCUT2D eigenvalue weighted by molar-refractivity contribution is 8.00. The lowest BCUT2D eigenvalue weighted by atomic mass is 10.2. The van der Waals surface area contributed by atoms with E-state index in [4.69, 9.17) is 16.3 Å². The van der Waals surface area contributed by atoms with Crippen LogP contribution in [0.1, 0.15) is 26.5 Å². The maximum atomic E-state index is 12.5. The summed E-state index contributed by atoms with van der Waals surface area (Å²) in [5.41, 5.74) is 0.981. The van der Waals surface area contributed by atoms with Gasteiger partial charge in [-0.1, -0.05) is 11.6 Å². The van der Waals surface area contributed by atoms with E-state index in [2.05, 4.69) is 29.0 Å². The molecule has 1 aromatic carbocycles. The Balaban J connectivity index is 1.52. The van der Waals surface area contributed by atoms with Crippen molar-refractivity contribution in [2.24, 2.45) is 0 Å². The number of benzene rings is 1. The molecule has 1 aliphatic heterocycles. The molecule has 1 fully saturated rings. The van der Waals surface area contributed by atoms with E-state index in [0.29, 0.717) is 10.2 Å². The number of halogens is 1. The smallest absolute Gasteiger partial charge is 0.239 e. The summed E-state index contributed by atoms with van der Waals surface area (Å²) in [7, 11) is 0. The highest BCUT2D eigenvalue weighted by atomic mass is 35.5. The number of thioether (sulfide) groups is 1. The van der Waals surface area contributed by atoms with Gasteiger partial charge in [-0.2, -0.15) is 0 Å². The monoisotopic (exact) mass is 425 g/mol. The summed E-state index contributed by atoms with van der Waals surface area (Å²) in [5, 5.41) is 6.05. The number of ether oxygens (including phenoxy) is 1. The standard InChI is InChI=1S/C19H24ClN3O2S2/c1-12-8-23(9-13(2)25-12)10-16-11-26-19(21-16)22-18(24)14(3)27-17-6-4-15(20)5-7-17/h4-7,11-14H,8-10H2,1-3H3,(H,21,22,24)/t12-,13-,14+/m1/s1. The Hall–Kier alpha value is -1.12. The van der Waals surface area contributed by atoms with Gasteiger partial charge in [-0.3, -0.25) is 9.69 Å². The van der Waals surface area contributed by atoms with Crippen molar-refractivity contribution in [3.63, 3.8) is 0 Å². The molecule has 0 bridgehead atoms. The van der Waals surface area contributed by atoms with Crippen molar-refractivity contribution in [1.82, 2.24) is 9.88 Å². The fourth-order valence-corrected chi connectivity index (χ4v) is 4.76. The van der Waals surface area contributed by atoms with Crippen LogP contribution in [0.25, 0.3) is 0 Å². The van der Waals surface area contributed by atoms with Crippen molar-refractivity contribution in [2.75, 3.05) is 18.4 Å². The summed E-state index contributed by atoms with van der Waals surface area (Å²) in [6, 6.07) is 7.50. The molecule has 5 nitrogen and oxygen atoms in total. The second kappa shape index (κ2) is 9.39. The number of carbonyl (C=O) groups is 1. The second-order valence-electron chi connectivity index (χ2n) is 6.80. The van der Waals surface area contributed by atoms with Gasteiger partial charge in [0.25, 0.3) is 0 Å². The van der Waals surface area contributed by atoms with Gasteiger partial charge in [0.15, 0.2) is 5.13 Å². The number of nitrogens with one attached hydrogen (secondary N) is 1. The zero-order valence-electron chi connectivity index (χ0n) is 15.6. The van der Waals surface area contributed by atoms with Crippen LogP contribution in [0.2, 0.25) is 5.02 Å². The Kier molecular flexibility index (Phi) is 7.16. The summed E-state index contributed by atoms with van der Waals surface area (Å²) >= 11 is 8.87. The number of aromatic nitrogens is 1. The summed E-state index contributed by atoms with van der Waals surface area (Å²) in [6.45, 7) is 8.65. The number of amides is 1. The molecule has 1 aromatic heterocycles. The molecule has 3 atom stereocenters.